The first-order chi connectivity index (χ1) is 12.1. The zero-order valence-corrected chi connectivity index (χ0v) is 16.9. The lowest BCUT2D eigenvalue weighted by Gasteiger charge is -2.17. The molecule has 0 spiro atoms. The minimum Gasteiger partial charge on any atom is -0.439 e. The maximum atomic E-state index is 6.10. The van der Waals surface area contributed by atoms with E-state index >= 15 is 0 Å². The summed E-state index contributed by atoms with van der Waals surface area (Å²) in [7, 11) is 0.932. The number of hydrogen-bond acceptors (Lipinski definition) is 3. The lowest BCUT2D eigenvalue weighted by Crippen LogP contribution is -2.07. The van der Waals surface area contributed by atoms with E-state index in [0.29, 0.717) is 12.5 Å². The van der Waals surface area contributed by atoms with Crippen LogP contribution in [-0.4, -0.2) is 15.2 Å². The standard InChI is InChI=1S/C21H23NO2Si/c1-15-8-6-12-19(16(15)2)21(25)23-14-17-9-7-13-20(22-17)24-18-10-4-3-5-11-18/h3-13,21H,14H2,1-2,25H3. The van der Waals surface area contributed by atoms with Gasteiger partial charge in [-0.25, -0.2) is 4.98 Å². The van der Waals surface area contributed by atoms with E-state index in [9.17, 15) is 0 Å². The van der Waals surface area contributed by atoms with Gasteiger partial charge in [0.25, 0.3) is 0 Å². The first-order valence-electron chi connectivity index (χ1n) is 8.50. The molecule has 0 saturated carbocycles. The quantitative estimate of drug-likeness (QED) is 0.629. The highest BCUT2D eigenvalue weighted by molar-refractivity contribution is 6.11. The first kappa shape index (κ1) is 17.4. The Morgan fingerprint density at radius 2 is 1.68 bits per heavy atom. The highest BCUT2D eigenvalue weighted by Gasteiger charge is 2.11. The zero-order valence-electron chi connectivity index (χ0n) is 14.9. The Labute approximate surface area is 152 Å². The molecule has 0 fully saturated rings. The second-order valence-electron chi connectivity index (χ2n) is 6.12. The first-order valence-corrected chi connectivity index (χ1v) is 9.65. The normalized spacial score (nSPS) is 12.1. The van der Waals surface area contributed by atoms with Crippen molar-refractivity contribution < 1.29 is 9.47 Å². The van der Waals surface area contributed by atoms with Crippen molar-refractivity contribution in [3.8, 4) is 11.6 Å². The summed E-state index contributed by atoms with van der Waals surface area (Å²) in [5.41, 5.74) is 4.93. The number of nitrogens with zero attached hydrogens (tertiary/aromatic N) is 1. The van der Waals surface area contributed by atoms with Gasteiger partial charge < -0.3 is 9.47 Å². The van der Waals surface area contributed by atoms with Gasteiger partial charge in [-0.1, -0.05) is 42.5 Å². The average molecular weight is 350 g/mol. The molecule has 128 valence electrons. The van der Waals surface area contributed by atoms with Crippen molar-refractivity contribution in [3.63, 3.8) is 0 Å². The number of aryl methyl sites for hydroxylation is 1. The minimum absolute atomic E-state index is 0.153. The van der Waals surface area contributed by atoms with Crippen molar-refractivity contribution >= 4 is 10.2 Å². The van der Waals surface area contributed by atoms with Crippen LogP contribution in [0, 0.1) is 13.8 Å². The van der Waals surface area contributed by atoms with Gasteiger partial charge in [-0.15, -0.1) is 0 Å². The van der Waals surface area contributed by atoms with E-state index in [4.69, 9.17) is 9.47 Å². The van der Waals surface area contributed by atoms with Gasteiger partial charge in [0.1, 0.15) is 5.75 Å². The molecule has 0 radical (unpaired) electrons. The fourth-order valence-corrected chi connectivity index (χ4v) is 3.51. The Hall–Kier alpha value is -2.43. The monoisotopic (exact) mass is 349 g/mol. The maximum Gasteiger partial charge on any atom is 0.219 e. The van der Waals surface area contributed by atoms with E-state index in [1.54, 1.807) is 0 Å². The van der Waals surface area contributed by atoms with Gasteiger partial charge in [-0.2, -0.15) is 0 Å². The van der Waals surface area contributed by atoms with Crippen LogP contribution >= 0.6 is 0 Å². The van der Waals surface area contributed by atoms with Crippen LogP contribution in [0.2, 0.25) is 0 Å². The van der Waals surface area contributed by atoms with Gasteiger partial charge in [0.05, 0.1) is 18.0 Å². The molecule has 1 aromatic heterocycles. The second kappa shape index (κ2) is 8.10. The zero-order chi connectivity index (χ0) is 17.6. The fourth-order valence-electron chi connectivity index (χ4n) is 2.72. The number of ether oxygens (including phenoxy) is 2. The lowest BCUT2D eigenvalue weighted by atomic mass is 10.0. The maximum absolute atomic E-state index is 6.10. The van der Waals surface area contributed by atoms with Crippen molar-refractivity contribution in [2.75, 3.05) is 0 Å². The van der Waals surface area contributed by atoms with Gasteiger partial charge in [0.15, 0.2) is 0 Å². The van der Waals surface area contributed by atoms with E-state index in [2.05, 4.69) is 37.0 Å². The topological polar surface area (TPSA) is 31.4 Å². The molecule has 0 aliphatic rings. The number of pyridine rings is 1. The van der Waals surface area contributed by atoms with Crippen LogP contribution in [0.15, 0.2) is 66.7 Å². The van der Waals surface area contributed by atoms with Crippen LogP contribution in [0.3, 0.4) is 0 Å². The second-order valence-corrected chi connectivity index (χ2v) is 7.17. The third-order valence-corrected chi connectivity index (χ3v) is 5.27. The molecule has 1 atom stereocenters. The van der Waals surface area contributed by atoms with Crippen LogP contribution in [-0.2, 0) is 11.3 Å². The van der Waals surface area contributed by atoms with E-state index in [1.165, 1.54) is 16.7 Å². The van der Waals surface area contributed by atoms with Crippen LogP contribution in [0.4, 0.5) is 0 Å². The van der Waals surface area contributed by atoms with E-state index in [0.717, 1.165) is 21.7 Å². The molecule has 25 heavy (non-hydrogen) atoms. The van der Waals surface area contributed by atoms with Crippen LogP contribution in [0.25, 0.3) is 0 Å². The summed E-state index contributed by atoms with van der Waals surface area (Å²) < 4.78 is 11.9. The predicted molar refractivity (Wildman–Crippen MR) is 104 cm³/mol. The Morgan fingerprint density at radius 3 is 2.48 bits per heavy atom. The molecule has 1 unspecified atom stereocenters. The number of aromatic nitrogens is 1. The molecule has 1 heterocycles. The van der Waals surface area contributed by atoms with E-state index < -0.39 is 0 Å². The van der Waals surface area contributed by atoms with E-state index in [1.807, 2.05) is 48.5 Å². The summed E-state index contributed by atoms with van der Waals surface area (Å²) in [6, 6.07) is 21.8. The number of hydrogen-bond donors (Lipinski definition) is 0. The van der Waals surface area contributed by atoms with Crippen molar-refractivity contribution in [2.45, 2.75) is 26.2 Å². The highest BCUT2D eigenvalue weighted by Crippen LogP contribution is 2.23. The molecule has 0 aliphatic carbocycles. The van der Waals surface area contributed by atoms with Crippen molar-refractivity contribution in [3.05, 3.63) is 89.1 Å². The third-order valence-electron chi connectivity index (χ3n) is 4.31. The van der Waals surface area contributed by atoms with Crippen LogP contribution in [0.1, 0.15) is 28.1 Å². The smallest absolute Gasteiger partial charge is 0.219 e. The summed E-state index contributed by atoms with van der Waals surface area (Å²) >= 11 is 0. The van der Waals surface area contributed by atoms with Crippen LogP contribution < -0.4 is 4.74 Å². The molecule has 0 N–H and O–H groups in total. The minimum atomic E-state index is 0.153. The molecule has 2 aromatic carbocycles. The fraction of sp³-hybridized carbons (Fsp3) is 0.190. The molecular weight excluding hydrogens is 326 g/mol. The van der Waals surface area contributed by atoms with Crippen molar-refractivity contribution in [1.82, 2.24) is 4.98 Å². The molecule has 3 aromatic rings. The van der Waals surface area contributed by atoms with Gasteiger partial charge in [0, 0.05) is 16.3 Å². The Bertz CT molecular complexity index is 836. The molecule has 4 heteroatoms. The molecular formula is C21H23NO2Si. The molecule has 0 bridgehead atoms. The number of rotatable bonds is 6. The van der Waals surface area contributed by atoms with Gasteiger partial charge in [-0.05, 0) is 48.7 Å². The molecule has 3 nitrogen and oxygen atoms in total. The SMILES string of the molecule is Cc1cccc(C([SiH3])OCc2cccc(Oc3ccccc3)n2)c1C. The summed E-state index contributed by atoms with van der Waals surface area (Å²) in [6.45, 7) is 4.78. The summed E-state index contributed by atoms with van der Waals surface area (Å²) in [5, 5.41) is 0. The average Bonchev–Trinajstić information content (AvgIpc) is 2.63. The highest BCUT2D eigenvalue weighted by atomic mass is 28.1. The Balaban J connectivity index is 1.65. The number of benzene rings is 2. The largest absolute Gasteiger partial charge is 0.439 e. The summed E-state index contributed by atoms with van der Waals surface area (Å²) in [6.07, 6.45) is 0. The van der Waals surface area contributed by atoms with Gasteiger partial charge in [0.2, 0.25) is 5.88 Å². The summed E-state index contributed by atoms with van der Waals surface area (Å²) in [5.74, 6) is 1.37. The molecule has 0 amide bonds. The third kappa shape index (κ3) is 4.56. The number of para-hydroxylation sites is 1. The lowest BCUT2D eigenvalue weighted by molar-refractivity contribution is 0.0907. The van der Waals surface area contributed by atoms with Gasteiger partial charge >= 0.3 is 0 Å². The Kier molecular flexibility index (Phi) is 5.63. The predicted octanol–water partition coefficient (Wildman–Crippen LogP) is 4.07. The molecule has 0 aliphatic heterocycles. The van der Waals surface area contributed by atoms with Crippen molar-refractivity contribution in [1.29, 1.82) is 0 Å². The van der Waals surface area contributed by atoms with Crippen LogP contribution in [0.5, 0.6) is 11.6 Å². The summed E-state index contributed by atoms with van der Waals surface area (Å²) in [4.78, 5) is 4.54. The molecule has 3 rings (SSSR count). The van der Waals surface area contributed by atoms with Gasteiger partial charge in [-0.3, -0.25) is 0 Å². The Morgan fingerprint density at radius 1 is 0.920 bits per heavy atom. The molecule has 0 saturated heterocycles. The van der Waals surface area contributed by atoms with Crippen molar-refractivity contribution in [2.24, 2.45) is 0 Å². The van der Waals surface area contributed by atoms with E-state index in [-0.39, 0.29) is 5.73 Å².